The van der Waals surface area contributed by atoms with E-state index in [0.717, 1.165) is 16.5 Å². The zero-order valence-corrected chi connectivity index (χ0v) is 24.1. The Kier molecular flexibility index (Phi) is 8.84. The van der Waals surface area contributed by atoms with Crippen LogP contribution in [-0.2, 0) is 30.5 Å². The highest BCUT2D eigenvalue weighted by molar-refractivity contribution is 7.92. The van der Waals surface area contributed by atoms with E-state index in [9.17, 15) is 18.0 Å². The molecule has 0 amide bonds. The number of hydrogen-bond donors (Lipinski definition) is 0. The number of esters is 2. The van der Waals surface area contributed by atoms with Crippen molar-refractivity contribution in [3.05, 3.63) is 102 Å². The van der Waals surface area contributed by atoms with Gasteiger partial charge < -0.3 is 9.47 Å². The molecule has 0 saturated carbocycles. The molecule has 41 heavy (non-hydrogen) atoms. The molecule has 8 nitrogen and oxygen atoms in total. The third-order valence-corrected chi connectivity index (χ3v) is 8.28. The largest absolute Gasteiger partial charge is 0.464 e. The molecule has 9 heteroatoms. The van der Waals surface area contributed by atoms with E-state index in [1.165, 1.54) is 25.4 Å². The van der Waals surface area contributed by atoms with Gasteiger partial charge in [0, 0.05) is 28.9 Å². The summed E-state index contributed by atoms with van der Waals surface area (Å²) in [6.45, 7) is 5.09. The number of ether oxygens (including phenoxy) is 2. The van der Waals surface area contributed by atoms with Gasteiger partial charge >= 0.3 is 11.9 Å². The highest BCUT2D eigenvalue weighted by Gasteiger charge is 2.38. The fraction of sp³-hybridized carbons (Fsp3) is 0.250. The zero-order valence-electron chi connectivity index (χ0n) is 23.2. The van der Waals surface area contributed by atoms with Gasteiger partial charge in [0.25, 0.3) is 0 Å². The molecule has 0 N–H and O–H groups in total. The lowest BCUT2D eigenvalue weighted by atomic mass is 10.0. The van der Waals surface area contributed by atoms with Crippen LogP contribution in [0.4, 0.5) is 0 Å². The number of hydrogen-bond acceptors (Lipinski definition) is 8. The zero-order chi connectivity index (χ0) is 29.6. The molecule has 0 radical (unpaired) electrons. The highest BCUT2D eigenvalue weighted by Crippen LogP contribution is 2.27. The van der Waals surface area contributed by atoms with Crippen LogP contribution >= 0.6 is 0 Å². The summed E-state index contributed by atoms with van der Waals surface area (Å²) in [4.78, 5) is 33.4. The molecule has 1 unspecified atom stereocenters. The molecule has 0 aliphatic heterocycles. The second-order valence-corrected chi connectivity index (χ2v) is 12.4. The van der Waals surface area contributed by atoms with Crippen molar-refractivity contribution in [1.29, 1.82) is 0 Å². The Balaban J connectivity index is 1.69. The number of sulfone groups is 1. The van der Waals surface area contributed by atoms with Crippen LogP contribution in [0.15, 0.2) is 84.0 Å². The molecule has 2 heterocycles. The Bertz CT molecular complexity index is 1740. The minimum absolute atomic E-state index is 0.00634. The first-order valence-electron chi connectivity index (χ1n) is 12.9. The first-order valence-corrected chi connectivity index (χ1v) is 14.5. The molecule has 4 rings (SSSR count). The van der Waals surface area contributed by atoms with Gasteiger partial charge in [0.05, 0.1) is 17.5 Å². The van der Waals surface area contributed by atoms with E-state index in [1.807, 2.05) is 30.3 Å². The molecule has 4 aromatic rings. The molecule has 2 aromatic carbocycles. The average molecular weight is 571 g/mol. The van der Waals surface area contributed by atoms with Crippen molar-refractivity contribution >= 4 is 32.7 Å². The number of aryl methyl sites for hydroxylation is 1. The second-order valence-electron chi connectivity index (χ2n) is 10.3. The van der Waals surface area contributed by atoms with Crippen LogP contribution in [-0.4, -0.2) is 48.3 Å². The van der Waals surface area contributed by atoms with Gasteiger partial charge in [-0.2, -0.15) is 0 Å². The van der Waals surface area contributed by atoms with Gasteiger partial charge in [-0.15, -0.1) is 0 Å². The summed E-state index contributed by atoms with van der Waals surface area (Å²) in [5.74, 6) is 4.38. The van der Waals surface area contributed by atoms with Crippen molar-refractivity contribution in [2.75, 3.05) is 7.11 Å². The number of methoxy groups -OCH3 is 1. The van der Waals surface area contributed by atoms with Gasteiger partial charge in [-0.05, 0) is 69.5 Å². The van der Waals surface area contributed by atoms with Crippen LogP contribution < -0.4 is 0 Å². The SMILES string of the molecule is COC(=O)c1ccc(C#Cc2ccccc2S(=O)(=O)C(CCc2cccc3cccnc23)C(=O)OC(C)(C)C)cn1. The van der Waals surface area contributed by atoms with Crippen molar-refractivity contribution in [2.24, 2.45) is 0 Å². The number of carbonyl (C=O) groups excluding carboxylic acids is 2. The van der Waals surface area contributed by atoms with Gasteiger partial charge in [0.2, 0.25) is 0 Å². The first-order chi connectivity index (χ1) is 19.5. The molecular formula is C32H30N2O6S. The molecule has 2 aromatic heterocycles. The van der Waals surface area contributed by atoms with Crippen molar-refractivity contribution in [3.63, 3.8) is 0 Å². The van der Waals surface area contributed by atoms with Gasteiger partial charge in [0.1, 0.15) is 11.3 Å². The average Bonchev–Trinajstić information content (AvgIpc) is 2.95. The minimum atomic E-state index is -4.23. The summed E-state index contributed by atoms with van der Waals surface area (Å²) in [6.07, 6.45) is 3.37. The summed E-state index contributed by atoms with van der Waals surface area (Å²) in [5.41, 5.74) is 1.54. The molecule has 0 saturated heterocycles. The predicted molar refractivity (Wildman–Crippen MR) is 155 cm³/mol. The number of benzene rings is 2. The summed E-state index contributed by atoms with van der Waals surface area (Å²) in [6, 6.07) is 18.8. The van der Waals surface area contributed by atoms with Gasteiger partial charge in [0.15, 0.2) is 15.1 Å². The maximum Gasteiger partial charge on any atom is 0.356 e. The lowest BCUT2D eigenvalue weighted by Gasteiger charge is -2.24. The number of nitrogens with zero attached hydrogens (tertiary/aromatic N) is 2. The van der Waals surface area contributed by atoms with Crippen LogP contribution in [0.2, 0.25) is 0 Å². The topological polar surface area (TPSA) is 113 Å². The lowest BCUT2D eigenvalue weighted by molar-refractivity contribution is -0.154. The summed E-state index contributed by atoms with van der Waals surface area (Å²) in [7, 11) is -2.96. The van der Waals surface area contributed by atoms with Crippen LogP contribution in [0, 0.1) is 11.8 Å². The standard InChI is InChI=1S/C32H30N2O6S/c1-32(2,3)40-31(36)28(19-17-25-11-7-10-24-12-8-20-33-29(24)25)41(37,38)27-13-6-5-9-23(27)16-14-22-15-18-26(34-21-22)30(35)39-4/h5-13,15,18,20-21,28H,17,19H2,1-4H3. The highest BCUT2D eigenvalue weighted by atomic mass is 32.2. The van der Waals surface area contributed by atoms with Gasteiger partial charge in [-0.1, -0.05) is 48.2 Å². The Morgan fingerprint density at radius 3 is 2.39 bits per heavy atom. The van der Waals surface area contributed by atoms with E-state index in [4.69, 9.17) is 4.74 Å². The van der Waals surface area contributed by atoms with E-state index in [1.54, 1.807) is 51.2 Å². The minimum Gasteiger partial charge on any atom is -0.464 e. The van der Waals surface area contributed by atoms with Crippen LogP contribution in [0.3, 0.4) is 0 Å². The van der Waals surface area contributed by atoms with E-state index in [-0.39, 0.29) is 22.6 Å². The molecule has 1 atom stereocenters. The molecular weight excluding hydrogens is 540 g/mol. The molecule has 0 fully saturated rings. The molecule has 0 bridgehead atoms. The summed E-state index contributed by atoms with van der Waals surface area (Å²) < 4.78 is 38.4. The van der Waals surface area contributed by atoms with Crippen molar-refractivity contribution < 1.29 is 27.5 Å². The van der Waals surface area contributed by atoms with Crippen molar-refractivity contribution in [1.82, 2.24) is 9.97 Å². The fourth-order valence-electron chi connectivity index (χ4n) is 4.23. The first kappa shape index (κ1) is 29.4. The summed E-state index contributed by atoms with van der Waals surface area (Å²) >= 11 is 0. The molecule has 0 aliphatic carbocycles. The number of rotatable bonds is 7. The number of aromatic nitrogens is 2. The Labute approximate surface area is 239 Å². The monoisotopic (exact) mass is 570 g/mol. The summed E-state index contributed by atoms with van der Waals surface area (Å²) in [5, 5.41) is -0.541. The quantitative estimate of drug-likeness (QED) is 0.227. The number of para-hydroxylation sites is 1. The van der Waals surface area contributed by atoms with Crippen LogP contribution in [0.25, 0.3) is 10.9 Å². The number of fused-ring (bicyclic) bond motifs is 1. The lowest BCUT2D eigenvalue weighted by Crippen LogP contribution is -2.37. The third-order valence-electron chi connectivity index (χ3n) is 6.13. The predicted octanol–water partition coefficient (Wildman–Crippen LogP) is 4.93. The van der Waals surface area contributed by atoms with Gasteiger partial charge in [-0.25, -0.2) is 18.2 Å². The van der Waals surface area contributed by atoms with Crippen molar-refractivity contribution in [2.45, 2.75) is 49.4 Å². The van der Waals surface area contributed by atoms with Crippen LogP contribution in [0.1, 0.15) is 54.4 Å². The van der Waals surface area contributed by atoms with E-state index < -0.39 is 32.6 Å². The normalized spacial score (nSPS) is 12.2. The number of pyridine rings is 2. The fourth-order valence-corrected chi connectivity index (χ4v) is 5.96. The molecule has 0 aliphatic rings. The smallest absolute Gasteiger partial charge is 0.356 e. The maximum atomic E-state index is 14.1. The van der Waals surface area contributed by atoms with E-state index in [0.29, 0.717) is 12.0 Å². The Hall–Kier alpha value is -4.55. The Morgan fingerprint density at radius 1 is 0.927 bits per heavy atom. The number of carbonyl (C=O) groups is 2. The third kappa shape index (κ3) is 7.16. The van der Waals surface area contributed by atoms with Gasteiger partial charge in [-0.3, -0.25) is 9.78 Å². The van der Waals surface area contributed by atoms with Crippen molar-refractivity contribution in [3.8, 4) is 11.8 Å². The molecule has 210 valence electrons. The Morgan fingerprint density at radius 2 is 1.68 bits per heavy atom. The molecule has 0 spiro atoms. The van der Waals surface area contributed by atoms with E-state index in [2.05, 4.69) is 26.5 Å². The van der Waals surface area contributed by atoms with E-state index >= 15 is 0 Å². The second kappa shape index (κ2) is 12.3. The van der Waals surface area contributed by atoms with Crippen LogP contribution in [0.5, 0.6) is 0 Å². The maximum absolute atomic E-state index is 14.1.